The number of rotatable bonds is 5. The van der Waals surface area contributed by atoms with Crippen LogP contribution in [0.1, 0.15) is 29.7 Å². The van der Waals surface area contributed by atoms with Gasteiger partial charge in [0.05, 0.1) is 6.04 Å². The third-order valence-electron chi connectivity index (χ3n) is 4.30. The topological polar surface area (TPSA) is 73.4 Å². The highest BCUT2D eigenvalue weighted by molar-refractivity contribution is 5.75. The minimum Gasteiger partial charge on any atom is -0.386 e. The van der Waals surface area contributed by atoms with Gasteiger partial charge in [0.25, 0.3) is 0 Å². The van der Waals surface area contributed by atoms with Crippen molar-refractivity contribution in [3.8, 4) is 0 Å². The third kappa shape index (κ3) is 4.13. The third-order valence-corrected chi connectivity index (χ3v) is 4.30. The van der Waals surface area contributed by atoms with E-state index in [0.29, 0.717) is 0 Å². The summed E-state index contributed by atoms with van der Waals surface area (Å²) in [5.41, 5.74) is 1.64. The van der Waals surface area contributed by atoms with Crippen LogP contribution in [0, 0.1) is 0 Å². The number of urea groups is 1. The molecule has 2 amide bonds. The zero-order valence-electron chi connectivity index (χ0n) is 13.5. The Kier molecular flexibility index (Phi) is 5.46. The molecule has 1 aliphatic rings. The van der Waals surface area contributed by atoms with Crippen LogP contribution in [0.5, 0.6) is 0 Å². The zero-order chi connectivity index (χ0) is 16.8. The van der Waals surface area contributed by atoms with E-state index in [1.54, 1.807) is 0 Å². The molecule has 0 saturated carbocycles. The van der Waals surface area contributed by atoms with Gasteiger partial charge >= 0.3 is 6.03 Å². The Balaban J connectivity index is 1.76. The summed E-state index contributed by atoms with van der Waals surface area (Å²) in [6.07, 6.45) is 0.103. The van der Waals surface area contributed by atoms with Crippen LogP contribution < -0.4 is 16.0 Å². The number of hydrogen-bond donors (Lipinski definition) is 4. The number of carbonyl (C=O) groups is 1. The number of nitrogens with one attached hydrogen (secondary N) is 3. The van der Waals surface area contributed by atoms with Gasteiger partial charge in [0.2, 0.25) is 0 Å². The molecular weight excluding hydrogens is 302 g/mol. The van der Waals surface area contributed by atoms with Crippen LogP contribution in [0.2, 0.25) is 0 Å². The number of aliphatic hydroxyl groups is 1. The van der Waals surface area contributed by atoms with E-state index < -0.39 is 12.1 Å². The molecule has 3 atom stereocenters. The van der Waals surface area contributed by atoms with Crippen molar-refractivity contribution < 1.29 is 9.90 Å². The van der Waals surface area contributed by atoms with E-state index in [-0.39, 0.29) is 12.1 Å². The lowest BCUT2D eigenvalue weighted by atomic mass is 9.96. The van der Waals surface area contributed by atoms with Gasteiger partial charge in [-0.05, 0) is 24.1 Å². The highest BCUT2D eigenvalue weighted by atomic mass is 16.3. The lowest BCUT2D eigenvalue weighted by molar-refractivity contribution is 0.130. The van der Waals surface area contributed by atoms with Gasteiger partial charge < -0.3 is 21.1 Å². The molecule has 0 aliphatic carbocycles. The predicted molar refractivity (Wildman–Crippen MR) is 93.5 cm³/mol. The molecule has 0 bridgehead atoms. The lowest BCUT2D eigenvalue weighted by Gasteiger charge is -2.26. The zero-order valence-corrected chi connectivity index (χ0v) is 13.5. The van der Waals surface area contributed by atoms with Gasteiger partial charge in [-0.15, -0.1) is 0 Å². The molecule has 0 spiro atoms. The summed E-state index contributed by atoms with van der Waals surface area (Å²) in [5.74, 6) is 0. The van der Waals surface area contributed by atoms with Crippen molar-refractivity contribution in [2.75, 3.05) is 13.1 Å². The molecule has 24 heavy (non-hydrogen) atoms. The fourth-order valence-corrected chi connectivity index (χ4v) is 2.99. The Bertz CT molecular complexity index is 642. The summed E-state index contributed by atoms with van der Waals surface area (Å²) >= 11 is 0. The van der Waals surface area contributed by atoms with Gasteiger partial charge in [-0.3, -0.25) is 0 Å². The van der Waals surface area contributed by atoms with E-state index in [1.165, 1.54) is 0 Å². The molecular formula is C19H23N3O2. The molecule has 5 nitrogen and oxygen atoms in total. The van der Waals surface area contributed by atoms with Crippen molar-refractivity contribution >= 4 is 6.03 Å². The first kappa shape index (κ1) is 16.5. The molecule has 4 N–H and O–H groups in total. The van der Waals surface area contributed by atoms with Crippen LogP contribution in [-0.4, -0.2) is 30.3 Å². The van der Waals surface area contributed by atoms with Crippen LogP contribution in [-0.2, 0) is 0 Å². The fourth-order valence-electron chi connectivity index (χ4n) is 2.99. The number of aliphatic hydroxyl groups excluding tert-OH is 1. The van der Waals surface area contributed by atoms with Gasteiger partial charge in [0.15, 0.2) is 0 Å². The smallest absolute Gasteiger partial charge is 0.315 e. The SMILES string of the molecule is O=C(N[C@H]1CCNC1)N[C@@H](c1ccccc1)[C@H](O)c1ccccc1. The van der Waals surface area contributed by atoms with Crippen molar-refractivity contribution in [1.29, 1.82) is 0 Å². The Hall–Kier alpha value is -2.37. The van der Waals surface area contributed by atoms with Gasteiger partial charge in [0.1, 0.15) is 6.10 Å². The normalized spacial score (nSPS) is 19.5. The molecule has 1 aliphatic heterocycles. The second kappa shape index (κ2) is 7.95. The first-order chi connectivity index (χ1) is 11.7. The Morgan fingerprint density at radius 2 is 1.67 bits per heavy atom. The van der Waals surface area contributed by atoms with E-state index in [1.807, 2.05) is 60.7 Å². The van der Waals surface area contributed by atoms with E-state index in [4.69, 9.17) is 0 Å². The van der Waals surface area contributed by atoms with Crippen molar-refractivity contribution in [2.24, 2.45) is 0 Å². The van der Waals surface area contributed by atoms with Gasteiger partial charge in [-0.2, -0.15) is 0 Å². The molecule has 1 fully saturated rings. The summed E-state index contributed by atoms with van der Waals surface area (Å²) < 4.78 is 0. The molecule has 2 aromatic carbocycles. The molecule has 5 heteroatoms. The monoisotopic (exact) mass is 325 g/mol. The maximum absolute atomic E-state index is 12.4. The Morgan fingerprint density at radius 1 is 1.04 bits per heavy atom. The van der Waals surface area contributed by atoms with Gasteiger partial charge in [-0.25, -0.2) is 4.79 Å². The quantitative estimate of drug-likeness (QED) is 0.680. The Labute approximate surface area is 142 Å². The summed E-state index contributed by atoms with van der Waals surface area (Å²) in [7, 11) is 0. The Morgan fingerprint density at radius 3 is 2.25 bits per heavy atom. The van der Waals surface area contributed by atoms with Crippen LogP contribution in [0.15, 0.2) is 60.7 Å². The standard InChI is InChI=1S/C19H23N3O2/c23-18(15-9-5-2-6-10-15)17(14-7-3-1-4-8-14)22-19(24)21-16-11-12-20-13-16/h1-10,16-18,20,23H,11-13H2,(H2,21,22,24)/t16-,17-,18+/m0/s1. The van der Waals surface area contributed by atoms with E-state index in [0.717, 1.165) is 30.6 Å². The largest absolute Gasteiger partial charge is 0.386 e. The fraction of sp³-hybridized carbons (Fsp3) is 0.316. The summed E-state index contributed by atoms with van der Waals surface area (Å²) in [5, 5.41) is 19.9. The average molecular weight is 325 g/mol. The van der Waals surface area contributed by atoms with Gasteiger partial charge in [0, 0.05) is 12.6 Å². The number of amides is 2. The van der Waals surface area contributed by atoms with E-state index in [9.17, 15) is 9.90 Å². The van der Waals surface area contributed by atoms with Crippen molar-refractivity contribution in [1.82, 2.24) is 16.0 Å². The maximum Gasteiger partial charge on any atom is 0.315 e. The maximum atomic E-state index is 12.4. The minimum atomic E-state index is -0.818. The lowest BCUT2D eigenvalue weighted by Crippen LogP contribution is -2.45. The summed E-state index contributed by atoms with van der Waals surface area (Å²) in [4.78, 5) is 12.4. The molecule has 0 unspecified atom stereocenters. The molecule has 3 rings (SSSR count). The van der Waals surface area contributed by atoms with E-state index >= 15 is 0 Å². The average Bonchev–Trinajstić information content (AvgIpc) is 3.13. The molecule has 0 aromatic heterocycles. The van der Waals surface area contributed by atoms with Crippen molar-refractivity contribution in [3.63, 3.8) is 0 Å². The van der Waals surface area contributed by atoms with Crippen LogP contribution >= 0.6 is 0 Å². The molecule has 1 saturated heterocycles. The molecule has 2 aromatic rings. The minimum absolute atomic E-state index is 0.135. The second-order valence-electron chi connectivity index (χ2n) is 6.05. The van der Waals surface area contributed by atoms with Crippen molar-refractivity contribution in [3.05, 3.63) is 71.8 Å². The first-order valence-electron chi connectivity index (χ1n) is 8.30. The van der Waals surface area contributed by atoms with E-state index in [2.05, 4.69) is 16.0 Å². The molecule has 126 valence electrons. The second-order valence-corrected chi connectivity index (χ2v) is 6.05. The first-order valence-corrected chi connectivity index (χ1v) is 8.30. The molecule has 0 radical (unpaired) electrons. The number of benzene rings is 2. The van der Waals surface area contributed by atoms with Crippen LogP contribution in [0.25, 0.3) is 0 Å². The van der Waals surface area contributed by atoms with Crippen LogP contribution in [0.4, 0.5) is 4.79 Å². The summed E-state index contributed by atoms with van der Waals surface area (Å²) in [6, 6.07) is 18.3. The highest BCUT2D eigenvalue weighted by Crippen LogP contribution is 2.28. The van der Waals surface area contributed by atoms with Crippen LogP contribution in [0.3, 0.4) is 0 Å². The molecule has 1 heterocycles. The number of hydrogen-bond acceptors (Lipinski definition) is 3. The van der Waals surface area contributed by atoms with Crippen molar-refractivity contribution in [2.45, 2.75) is 24.6 Å². The predicted octanol–water partition coefficient (Wildman–Crippen LogP) is 2.12. The van der Waals surface area contributed by atoms with Gasteiger partial charge in [-0.1, -0.05) is 60.7 Å². The number of carbonyl (C=O) groups excluding carboxylic acids is 1. The summed E-state index contributed by atoms with van der Waals surface area (Å²) in [6.45, 7) is 1.70. The highest BCUT2D eigenvalue weighted by Gasteiger charge is 2.25.